The van der Waals surface area contributed by atoms with Gasteiger partial charge in [0.2, 0.25) is 5.91 Å². The molecule has 8 heteroatoms. The highest BCUT2D eigenvalue weighted by Gasteiger charge is 2.32. The number of nitrogens with one attached hydrogen (secondary N) is 1. The number of thioether (sulfide) groups is 1. The van der Waals surface area contributed by atoms with Crippen molar-refractivity contribution >= 4 is 63.5 Å². The second-order valence-electron chi connectivity index (χ2n) is 5.88. The van der Waals surface area contributed by atoms with Crippen molar-refractivity contribution in [1.82, 2.24) is 4.90 Å². The van der Waals surface area contributed by atoms with E-state index in [1.807, 2.05) is 18.2 Å². The molecule has 2 aromatic rings. The van der Waals surface area contributed by atoms with E-state index >= 15 is 0 Å². The Bertz CT molecular complexity index is 945. The third kappa shape index (κ3) is 4.92. The van der Waals surface area contributed by atoms with Crippen molar-refractivity contribution in [1.29, 1.82) is 0 Å². The number of carbonyl (C=O) groups excluding carboxylic acids is 2. The molecule has 1 aliphatic rings. The Morgan fingerprint density at radius 2 is 1.96 bits per heavy atom. The number of halogens is 1. The number of methoxy groups -OCH3 is 1. The lowest BCUT2D eigenvalue weighted by molar-refractivity contribution is -0.122. The average molecular weight is 433 g/mol. The van der Waals surface area contributed by atoms with Gasteiger partial charge in [0.25, 0.3) is 5.91 Å². The second-order valence-corrected chi connectivity index (χ2v) is 7.96. The summed E-state index contributed by atoms with van der Waals surface area (Å²) in [7, 11) is 1.58. The van der Waals surface area contributed by atoms with Crippen LogP contribution in [-0.2, 0) is 9.59 Å². The lowest BCUT2D eigenvalue weighted by Gasteiger charge is -2.14. The molecule has 0 radical (unpaired) electrons. The third-order valence-electron chi connectivity index (χ3n) is 4.00. The maximum atomic E-state index is 12.6. The Kier molecular flexibility index (Phi) is 6.72. The van der Waals surface area contributed by atoms with Crippen LogP contribution in [0.15, 0.2) is 53.4 Å². The van der Waals surface area contributed by atoms with Gasteiger partial charge in [-0.15, -0.1) is 0 Å². The van der Waals surface area contributed by atoms with Crippen molar-refractivity contribution in [2.24, 2.45) is 0 Å². The number of nitrogens with zero attached hydrogens (tertiary/aromatic N) is 1. The number of rotatable bonds is 6. The van der Waals surface area contributed by atoms with E-state index < -0.39 is 0 Å². The summed E-state index contributed by atoms with van der Waals surface area (Å²) < 4.78 is 5.52. The van der Waals surface area contributed by atoms with Crippen molar-refractivity contribution in [3.63, 3.8) is 0 Å². The minimum atomic E-state index is -0.216. The van der Waals surface area contributed by atoms with Gasteiger partial charge in [-0.3, -0.25) is 14.5 Å². The summed E-state index contributed by atoms with van der Waals surface area (Å²) in [6, 6.07) is 14.3. The molecule has 3 rings (SSSR count). The van der Waals surface area contributed by atoms with Crippen LogP contribution in [0.25, 0.3) is 6.08 Å². The predicted octanol–water partition coefficient (Wildman–Crippen LogP) is 4.58. The number of hydrogen-bond donors (Lipinski definition) is 1. The van der Waals surface area contributed by atoms with Gasteiger partial charge in [0.05, 0.1) is 12.0 Å². The van der Waals surface area contributed by atoms with Crippen molar-refractivity contribution in [2.45, 2.75) is 6.42 Å². The SMILES string of the molecule is COc1ccc(NC(=O)CCN2C(=O)/C(=C/c3ccccc3Cl)SC2=S)cc1. The van der Waals surface area contributed by atoms with Crippen LogP contribution in [0.1, 0.15) is 12.0 Å². The first-order valence-corrected chi connectivity index (χ1v) is 10.0. The van der Waals surface area contributed by atoms with Crippen LogP contribution in [0.2, 0.25) is 5.02 Å². The first kappa shape index (κ1) is 20.4. The highest BCUT2D eigenvalue weighted by atomic mass is 35.5. The van der Waals surface area contributed by atoms with Gasteiger partial charge >= 0.3 is 0 Å². The van der Waals surface area contributed by atoms with Gasteiger partial charge in [-0.25, -0.2) is 0 Å². The van der Waals surface area contributed by atoms with Crippen molar-refractivity contribution in [3.05, 3.63) is 64.0 Å². The van der Waals surface area contributed by atoms with Gasteiger partial charge in [0, 0.05) is 23.7 Å². The molecule has 0 saturated carbocycles. The van der Waals surface area contributed by atoms with E-state index in [0.717, 1.165) is 5.56 Å². The molecule has 2 amide bonds. The van der Waals surface area contributed by atoms with Gasteiger partial charge in [-0.2, -0.15) is 0 Å². The lowest BCUT2D eigenvalue weighted by Crippen LogP contribution is -2.31. The Labute approximate surface area is 177 Å². The molecule has 144 valence electrons. The lowest BCUT2D eigenvalue weighted by atomic mass is 10.2. The molecule has 28 heavy (non-hydrogen) atoms. The number of anilines is 1. The Morgan fingerprint density at radius 3 is 2.64 bits per heavy atom. The molecule has 0 aromatic heterocycles. The van der Waals surface area contributed by atoms with Crippen molar-refractivity contribution < 1.29 is 14.3 Å². The molecule has 0 aliphatic carbocycles. The summed E-state index contributed by atoms with van der Waals surface area (Å²) in [4.78, 5) is 26.8. The van der Waals surface area contributed by atoms with Crippen LogP contribution >= 0.6 is 35.6 Å². The molecular formula is C20H17ClN2O3S2. The monoisotopic (exact) mass is 432 g/mol. The maximum Gasteiger partial charge on any atom is 0.266 e. The van der Waals surface area contributed by atoms with Crippen molar-refractivity contribution in [2.75, 3.05) is 19.0 Å². The zero-order valence-electron chi connectivity index (χ0n) is 15.0. The summed E-state index contributed by atoms with van der Waals surface area (Å²) in [6.45, 7) is 0.215. The Balaban J connectivity index is 1.59. The molecular weight excluding hydrogens is 416 g/mol. The van der Waals surface area contributed by atoms with E-state index in [1.165, 1.54) is 16.7 Å². The zero-order chi connectivity index (χ0) is 20.1. The molecule has 1 heterocycles. The first-order chi connectivity index (χ1) is 13.5. The second kappa shape index (κ2) is 9.23. The number of ether oxygens (including phenoxy) is 1. The van der Waals surface area contributed by atoms with Gasteiger partial charge in [0.1, 0.15) is 10.1 Å². The van der Waals surface area contributed by atoms with Gasteiger partial charge in [0.15, 0.2) is 0 Å². The van der Waals surface area contributed by atoms with E-state index in [9.17, 15) is 9.59 Å². The molecule has 1 N–H and O–H groups in total. The van der Waals surface area contributed by atoms with Crippen LogP contribution in [0.4, 0.5) is 5.69 Å². The van der Waals surface area contributed by atoms with E-state index in [0.29, 0.717) is 25.7 Å². The molecule has 5 nitrogen and oxygen atoms in total. The summed E-state index contributed by atoms with van der Waals surface area (Å²) >= 11 is 12.7. The van der Waals surface area contributed by atoms with E-state index in [4.69, 9.17) is 28.6 Å². The average Bonchev–Trinajstić information content (AvgIpc) is 2.95. The van der Waals surface area contributed by atoms with E-state index in [2.05, 4.69) is 5.32 Å². The smallest absolute Gasteiger partial charge is 0.266 e. The Hall–Kier alpha value is -2.35. The zero-order valence-corrected chi connectivity index (χ0v) is 17.4. The Morgan fingerprint density at radius 1 is 1.25 bits per heavy atom. The van der Waals surface area contributed by atoms with E-state index in [-0.39, 0.29) is 24.8 Å². The molecule has 1 saturated heterocycles. The topological polar surface area (TPSA) is 58.6 Å². The summed E-state index contributed by atoms with van der Waals surface area (Å²) in [5, 5.41) is 3.35. The number of benzene rings is 2. The number of thiocarbonyl (C=S) groups is 1. The molecule has 1 aliphatic heterocycles. The fraction of sp³-hybridized carbons (Fsp3) is 0.150. The highest BCUT2D eigenvalue weighted by Crippen LogP contribution is 2.33. The molecule has 0 spiro atoms. The molecule has 1 fully saturated rings. The van der Waals surface area contributed by atoms with Gasteiger partial charge in [-0.1, -0.05) is 53.8 Å². The van der Waals surface area contributed by atoms with Crippen LogP contribution < -0.4 is 10.1 Å². The standard InChI is InChI=1S/C20H17ClN2O3S2/c1-26-15-8-6-14(7-9-15)22-18(24)10-11-23-19(25)17(28-20(23)27)12-13-4-2-3-5-16(13)21/h2-9,12H,10-11H2,1H3,(H,22,24)/b17-12-. The van der Waals surface area contributed by atoms with Crippen LogP contribution in [0, 0.1) is 0 Å². The largest absolute Gasteiger partial charge is 0.497 e. The summed E-state index contributed by atoms with van der Waals surface area (Å²) in [5.74, 6) is 0.294. The van der Waals surface area contributed by atoms with Gasteiger partial charge < -0.3 is 10.1 Å². The molecule has 0 unspecified atom stereocenters. The van der Waals surface area contributed by atoms with Gasteiger partial charge in [-0.05, 0) is 42.0 Å². The van der Waals surface area contributed by atoms with Crippen LogP contribution in [0.5, 0.6) is 5.75 Å². The van der Waals surface area contributed by atoms with Crippen LogP contribution in [0.3, 0.4) is 0 Å². The minimum absolute atomic E-state index is 0.137. The highest BCUT2D eigenvalue weighted by molar-refractivity contribution is 8.26. The summed E-state index contributed by atoms with van der Waals surface area (Å²) in [5.41, 5.74) is 1.41. The molecule has 0 atom stereocenters. The minimum Gasteiger partial charge on any atom is -0.497 e. The maximum absolute atomic E-state index is 12.6. The molecule has 2 aromatic carbocycles. The molecule has 0 bridgehead atoms. The first-order valence-electron chi connectivity index (χ1n) is 8.42. The number of carbonyl (C=O) groups is 2. The van der Waals surface area contributed by atoms with E-state index in [1.54, 1.807) is 43.5 Å². The quantitative estimate of drug-likeness (QED) is 0.535. The number of amides is 2. The normalized spacial score (nSPS) is 15.2. The number of hydrogen-bond acceptors (Lipinski definition) is 5. The third-order valence-corrected chi connectivity index (χ3v) is 5.72. The fourth-order valence-corrected chi connectivity index (χ4v) is 4.03. The van der Waals surface area contributed by atoms with Crippen LogP contribution in [-0.4, -0.2) is 34.7 Å². The summed E-state index contributed by atoms with van der Waals surface area (Å²) in [6.07, 6.45) is 1.86. The van der Waals surface area contributed by atoms with Crippen molar-refractivity contribution in [3.8, 4) is 5.75 Å². The predicted molar refractivity (Wildman–Crippen MR) is 118 cm³/mol. The fourth-order valence-electron chi connectivity index (χ4n) is 2.54.